The molecule has 7 nitrogen and oxygen atoms in total. The first-order valence-corrected chi connectivity index (χ1v) is 14.0. The Morgan fingerprint density at radius 1 is 1.11 bits per heavy atom. The number of hydrogen-bond acceptors (Lipinski definition) is 6. The second-order valence-electron chi connectivity index (χ2n) is 10.3. The molecule has 3 aliphatic rings. The van der Waals surface area contributed by atoms with Crippen LogP contribution < -0.4 is 4.90 Å². The van der Waals surface area contributed by atoms with E-state index in [1.54, 1.807) is 0 Å². The zero-order valence-electron chi connectivity index (χ0n) is 20.9. The molecule has 0 bridgehead atoms. The number of carbonyl (C=O) groups excluding carboxylic acids is 1. The summed E-state index contributed by atoms with van der Waals surface area (Å²) < 4.78 is 0. The highest BCUT2D eigenvalue weighted by Gasteiger charge is 2.37. The number of nitrogens with zero attached hydrogens (tertiary/aromatic N) is 2. The molecule has 1 aromatic heterocycles. The second kappa shape index (κ2) is 11.7. The Morgan fingerprint density at radius 3 is 2.49 bits per heavy atom. The molecular weight excluding hydrogens is 464 g/mol. The molecular formula is C27H38N2O5S. The van der Waals surface area contributed by atoms with Crippen LogP contribution in [0.1, 0.15) is 99.0 Å². The van der Waals surface area contributed by atoms with Crippen LogP contribution in [0.5, 0.6) is 0 Å². The number of rotatable bonds is 7. The van der Waals surface area contributed by atoms with Crippen molar-refractivity contribution in [1.82, 2.24) is 0 Å². The third-order valence-electron chi connectivity index (χ3n) is 7.65. The Morgan fingerprint density at radius 2 is 1.83 bits per heavy atom. The first-order chi connectivity index (χ1) is 16.9. The number of oxime groups is 1. The van der Waals surface area contributed by atoms with E-state index in [1.165, 1.54) is 11.3 Å². The van der Waals surface area contributed by atoms with Crippen molar-refractivity contribution in [1.29, 1.82) is 0 Å². The van der Waals surface area contributed by atoms with Crippen LogP contribution in [0.15, 0.2) is 17.3 Å². The second-order valence-corrected chi connectivity index (χ2v) is 11.3. The number of carbonyl (C=O) groups is 2. The summed E-state index contributed by atoms with van der Waals surface area (Å²) in [6.45, 7) is 4.63. The third kappa shape index (κ3) is 6.15. The molecule has 3 aliphatic carbocycles. The number of hydrogen-bond donors (Lipinski definition) is 2. The van der Waals surface area contributed by atoms with Crippen LogP contribution in [0.3, 0.4) is 0 Å². The molecule has 0 saturated heterocycles. The Balaban J connectivity index is 1.70. The van der Waals surface area contributed by atoms with Gasteiger partial charge in [-0.15, -0.1) is 11.3 Å². The number of aliphatic hydroxyl groups excluding tert-OH is 1. The van der Waals surface area contributed by atoms with Crippen LogP contribution in [0.4, 0.5) is 5.69 Å². The molecule has 1 aromatic rings. The first-order valence-electron chi connectivity index (χ1n) is 13.1. The van der Waals surface area contributed by atoms with Crippen LogP contribution in [0.25, 0.3) is 5.57 Å². The molecule has 2 saturated carbocycles. The molecule has 1 heterocycles. The number of allylic oxidation sites excluding steroid dienone is 2. The van der Waals surface area contributed by atoms with Gasteiger partial charge >= 0.3 is 5.97 Å². The van der Waals surface area contributed by atoms with Gasteiger partial charge in [0, 0.05) is 16.8 Å². The minimum absolute atomic E-state index is 0.0568. The highest BCUT2D eigenvalue weighted by Crippen LogP contribution is 2.42. The zero-order valence-corrected chi connectivity index (χ0v) is 21.7. The van der Waals surface area contributed by atoms with Crippen LogP contribution in [-0.4, -0.2) is 46.6 Å². The number of carboxylic acid groups (broad SMARTS) is 1. The van der Waals surface area contributed by atoms with E-state index in [9.17, 15) is 19.8 Å². The van der Waals surface area contributed by atoms with Gasteiger partial charge in [0.15, 0.2) is 0 Å². The van der Waals surface area contributed by atoms with Gasteiger partial charge in [0.1, 0.15) is 11.5 Å². The summed E-state index contributed by atoms with van der Waals surface area (Å²) in [5.74, 6) is -0.379. The highest BCUT2D eigenvalue weighted by atomic mass is 32.1. The topological polar surface area (TPSA) is 99.4 Å². The lowest BCUT2D eigenvalue weighted by Gasteiger charge is -2.38. The molecule has 2 N–H and O–H groups in total. The molecule has 4 rings (SSSR count). The van der Waals surface area contributed by atoms with Crippen LogP contribution in [0.2, 0.25) is 0 Å². The number of amides is 1. The molecule has 0 spiro atoms. The lowest BCUT2D eigenvalue weighted by Crippen LogP contribution is -2.47. The number of aromatic carboxylic acids is 1. The van der Waals surface area contributed by atoms with Crippen molar-refractivity contribution in [3.05, 3.63) is 21.9 Å². The maximum Gasteiger partial charge on any atom is 0.348 e. The summed E-state index contributed by atoms with van der Waals surface area (Å²) in [4.78, 5) is 34.5. The summed E-state index contributed by atoms with van der Waals surface area (Å²) in [5, 5.41) is 24.4. The standard InChI is InChI=1S/C27H38N2O5S/c1-3-34-28-20-6-4-5-19(15-20)24-16-23(25(35-24)27(32)33)29(21-11-13-22(30)14-12-21)26(31)18-9-7-17(2)8-10-18/h15-18,21-22,30H,3-14H2,1-2H3,(H,32,33)/b28-20-/t17-,18-,21-,22-. The van der Waals surface area contributed by atoms with Gasteiger partial charge in [0.05, 0.1) is 17.5 Å². The fourth-order valence-corrected chi connectivity index (χ4v) is 6.64. The molecule has 35 heavy (non-hydrogen) atoms. The van der Waals surface area contributed by atoms with E-state index in [0.717, 1.165) is 61.1 Å². The molecule has 0 aliphatic heterocycles. The van der Waals surface area contributed by atoms with Gasteiger partial charge in [-0.2, -0.15) is 0 Å². The van der Waals surface area contributed by atoms with Crippen molar-refractivity contribution >= 4 is 40.2 Å². The molecule has 192 valence electrons. The highest BCUT2D eigenvalue weighted by molar-refractivity contribution is 7.15. The van der Waals surface area contributed by atoms with Gasteiger partial charge in [0.25, 0.3) is 0 Å². The fraction of sp³-hybridized carbons (Fsp3) is 0.667. The van der Waals surface area contributed by atoms with E-state index in [2.05, 4.69) is 12.1 Å². The smallest absolute Gasteiger partial charge is 0.348 e. The Labute approximate surface area is 211 Å². The van der Waals surface area contributed by atoms with E-state index < -0.39 is 5.97 Å². The van der Waals surface area contributed by atoms with Crippen molar-refractivity contribution in [2.24, 2.45) is 17.0 Å². The Hall–Kier alpha value is -2.19. The lowest BCUT2D eigenvalue weighted by molar-refractivity contribution is -0.124. The summed E-state index contributed by atoms with van der Waals surface area (Å²) >= 11 is 1.25. The normalized spacial score (nSPS) is 28.4. The lowest BCUT2D eigenvalue weighted by atomic mass is 9.81. The SMILES string of the molecule is CCO/N=C1\C=C(c2cc(N(C(=O)[C@H]3CC[C@H](C)CC3)[C@H]3CC[C@H](O)CC3)c(C(=O)O)s2)CCC1. The van der Waals surface area contributed by atoms with Crippen LogP contribution >= 0.6 is 11.3 Å². The van der Waals surface area contributed by atoms with Gasteiger partial charge < -0.3 is 20.0 Å². The van der Waals surface area contributed by atoms with Crippen LogP contribution in [0, 0.1) is 11.8 Å². The zero-order chi connectivity index (χ0) is 24.9. The van der Waals surface area contributed by atoms with Crippen LogP contribution in [-0.2, 0) is 9.63 Å². The summed E-state index contributed by atoms with van der Waals surface area (Å²) in [7, 11) is 0. The van der Waals surface area contributed by atoms with E-state index in [1.807, 2.05) is 24.0 Å². The monoisotopic (exact) mass is 502 g/mol. The third-order valence-corrected chi connectivity index (χ3v) is 8.84. The first kappa shape index (κ1) is 25.9. The minimum Gasteiger partial charge on any atom is -0.477 e. The van der Waals surface area contributed by atoms with Gasteiger partial charge in [0.2, 0.25) is 5.91 Å². The summed E-state index contributed by atoms with van der Waals surface area (Å²) in [6, 6.07) is 1.83. The fourth-order valence-electron chi connectivity index (χ4n) is 5.61. The van der Waals surface area contributed by atoms with Gasteiger partial charge in [-0.25, -0.2) is 4.79 Å². The quantitative estimate of drug-likeness (QED) is 0.454. The molecule has 0 aromatic carbocycles. The van der Waals surface area contributed by atoms with Crippen molar-refractivity contribution in [2.75, 3.05) is 11.5 Å². The van der Waals surface area contributed by atoms with Crippen molar-refractivity contribution in [3.63, 3.8) is 0 Å². The molecule has 8 heteroatoms. The average Bonchev–Trinajstić information content (AvgIpc) is 3.30. The van der Waals surface area contributed by atoms with E-state index in [0.29, 0.717) is 43.9 Å². The van der Waals surface area contributed by atoms with Gasteiger partial charge in [-0.05, 0) is 101 Å². The molecule has 2 fully saturated rings. The predicted molar refractivity (Wildman–Crippen MR) is 139 cm³/mol. The van der Waals surface area contributed by atoms with Crippen molar-refractivity contribution in [3.8, 4) is 0 Å². The largest absolute Gasteiger partial charge is 0.477 e. The minimum atomic E-state index is -0.998. The molecule has 0 atom stereocenters. The Bertz CT molecular complexity index is 968. The Kier molecular flexibility index (Phi) is 8.65. The van der Waals surface area contributed by atoms with E-state index >= 15 is 0 Å². The summed E-state index contributed by atoms with van der Waals surface area (Å²) in [6.07, 6.45) is 10.7. The van der Waals surface area contributed by atoms with E-state index in [-0.39, 0.29) is 28.8 Å². The molecule has 1 amide bonds. The molecule has 0 unspecified atom stereocenters. The van der Waals surface area contributed by atoms with Crippen molar-refractivity contribution < 1.29 is 24.6 Å². The van der Waals surface area contributed by atoms with E-state index in [4.69, 9.17) is 4.84 Å². The van der Waals surface area contributed by atoms with Crippen molar-refractivity contribution in [2.45, 2.75) is 96.6 Å². The average molecular weight is 503 g/mol. The maximum absolute atomic E-state index is 13.9. The molecule has 0 radical (unpaired) electrons. The number of thiophene rings is 1. The predicted octanol–water partition coefficient (Wildman–Crippen LogP) is 5.87. The number of aliphatic hydroxyl groups is 1. The summed E-state index contributed by atoms with van der Waals surface area (Å²) in [5.41, 5.74) is 2.44. The number of carboxylic acids is 1. The number of anilines is 1. The van der Waals surface area contributed by atoms with Gasteiger partial charge in [-0.3, -0.25) is 4.79 Å². The maximum atomic E-state index is 13.9. The van der Waals surface area contributed by atoms with Gasteiger partial charge in [-0.1, -0.05) is 12.1 Å².